The molecule has 0 spiro atoms. The fourth-order valence-electron chi connectivity index (χ4n) is 2.41. The smallest absolute Gasteiger partial charge is 0.323 e. The highest BCUT2D eigenvalue weighted by Gasteiger charge is 2.26. The summed E-state index contributed by atoms with van der Waals surface area (Å²) >= 11 is 0. The van der Waals surface area contributed by atoms with Gasteiger partial charge in [-0.1, -0.05) is 6.92 Å². The molecule has 0 aromatic carbocycles. The first-order chi connectivity index (χ1) is 9.13. The van der Waals surface area contributed by atoms with Crippen LogP contribution in [0.5, 0.6) is 0 Å². The van der Waals surface area contributed by atoms with Crippen molar-refractivity contribution in [3.8, 4) is 0 Å². The van der Waals surface area contributed by atoms with Gasteiger partial charge in [-0.05, 0) is 37.8 Å². The molecular weight excluding hydrogens is 244 g/mol. The molecule has 1 N–H and O–H groups in total. The molecule has 1 fully saturated rings. The number of carboxylic acids is 1. The highest BCUT2D eigenvalue weighted by Crippen LogP contribution is 2.32. The van der Waals surface area contributed by atoms with Crippen LogP contribution in [0.25, 0.3) is 0 Å². The van der Waals surface area contributed by atoms with Crippen molar-refractivity contribution in [3.63, 3.8) is 0 Å². The summed E-state index contributed by atoms with van der Waals surface area (Å²) in [5.74, 6) is -1.15. The Balaban J connectivity index is 2.16. The Morgan fingerprint density at radius 1 is 1.47 bits per heavy atom. The number of aliphatic carboxylic acids is 1. The minimum atomic E-state index is -0.969. The number of nitrogens with zero attached hydrogens (tertiary/aromatic N) is 2. The average Bonchev–Trinajstić information content (AvgIpc) is 2.73. The van der Waals surface area contributed by atoms with Crippen molar-refractivity contribution in [2.45, 2.75) is 38.6 Å². The average molecular weight is 264 g/mol. The molecule has 5 nitrogen and oxygen atoms in total. The lowest BCUT2D eigenvalue weighted by Gasteiger charge is -2.30. The van der Waals surface area contributed by atoms with Crippen LogP contribution in [0.3, 0.4) is 0 Å². The number of carboxylic acid groups (broad SMARTS) is 1. The van der Waals surface area contributed by atoms with E-state index in [0.29, 0.717) is 18.3 Å². The van der Waals surface area contributed by atoms with Crippen molar-refractivity contribution < 1.29 is 14.7 Å². The van der Waals surface area contributed by atoms with Gasteiger partial charge in [0.15, 0.2) is 0 Å². The van der Waals surface area contributed by atoms with Gasteiger partial charge < -0.3 is 14.6 Å². The SMILES string of the molecule is CCCN(CC(=O)O)C(=O)c1cccn1C1CCC1. The van der Waals surface area contributed by atoms with Crippen LogP contribution in [0, 0.1) is 0 Å². The van der Waals surface area contributed by atoms with Crippen molar-refractivity contribution in [2.24, 2.45) is 0 Å². The van der Waals surface area contributed by atoms with E-state index in [4.69, 9.17) is 5.11 Å². The molecule has 19 heavy (non-hydrogen) atoms. The predicted octanol–water partition coefficient (Wildman–Crippen LogP) is 2.15. The van der Waals surface area contributed by atoms with E-state index in [2.05, 4.69) is 0 Å². The highest BCUT2D eigenvalue weighted by atomic mass is 16.4. The molecule has 0 bridgehead atoms. The Morgan fingerprint density at radius 3 is 2.74 bits per heavy atom. The first-order valence-corrected chi connectivity index (χ1v) is 6.81. The molecule has 0 saturated heterocycles. The summed E-state index contributed by atoms with van der Waals surface area (Å²) in [6.07, 6.45) is 6.07. The van der Waals surface area contributed by atoms with Crippen molar-refractivity contribution in [1.82, 2.24) is 9.47 Å². The summed E-state index contributed by atoms with van der Waals surface area (Å²) in [7, 11) is 0. The van der Waals surface area contributed by atoms with Gasteiger partial charge in [-0.2, -0.15) is 0 Å². The van der Waals surface area contributed by atoms with E-state index in [1.54, 1.807) is 6.07 Å². The number of rotatable bonds is 6. The summed E-state index contributed by atoms with van der Waals surface area (Å²) in [6.45, 7) is 2.18. The molecule has 1 heterocycles. The maximum absolute atomic E-state index is 12.4. The molecule has 1 aliphatic rings. The molecule has 2 rings (SSSR count). The Bertz CT molecular complexity index is 463. The lowest BCUT2D eigenvalue weighted by molar-refractivity contribution is -0.137. The zero-order valence-corrected chi connectivity index (χ0v) is 11.2. The monoisotopic (exact) mass is 264 g/mol. The fraction of sp³-hybridized carbons (Fsp3) is 0.571. The number of carbonyl (C=O) groups excluding carboxylic acids is 1. The molecule has 0 atom stereocenters. The van der Waals surface area contributed by atoms with Crippen molar-refractivity contribution >= 4 is 11.9 Å². The van der Waals surface area contributed by atoms with Gasteiger partial charge in [0.2, 0.25) is 0 Å². The number of carbonyl (C=O) groups is 2. The summed E-state index contributed by atoms with van der Waals surface area (Å²) in [6, 6.07) is 4.05. The third-order valence-electron chi connectivity index (χ3n) is 3.57. The molecule has 1 aliphatic carbocycles. The van der Waals surface area contributed by atoms with Crippen LogP contribution < -0.4 is 0 Å². The normalized spacial score (nSPS) is 15.0. The standard InChI is InChI=1S/C14H20N2O3/c1-2-8-15(10-13(17)18)14(19)12-7-4-9-16(12)11-5-3-6-11/h4,7,9,11H,2-3,5-6,8,10H2,1H3,(H,17,18). The van der Waals surface area contributed by atoms with Gasteiger partial charge in [-0.15, -0.1) is 0 Å². The molecule has 0 unspecified atom stereocenters. The van der Waals surface area contributed by atoms with E-state index < -0.39 is 5.97 Å². The minimum Gasteiger partial charge on any atom is -0.480 e. The number of amides is 1. The van der Waals surface area contributed by atoms with Crippen LogP contribution in [-0.4, -0.2) is 39.5 Å². The molecule has 1 saturated carbocycles. The predicted molar refractivity (Wildman–Crippen MR) is 71.2 cm³/mol. The van der Waals surface area contributed by atoms with Gasteiger partial charge in [0.1, 0.15) is 12.2 Å². The van der Waals surface area contributed by atoms with Gasteiger partial charge in [-0.3, -0.25) is 9.59 Å². The van der Waals surface area contributed by atoms with Crippen LogP contribution in [0.4, 0.5) is 0 Å². The molecule has 1 amide bonds. The Hall–Kier alpha value is -1.78. The first-order valence-electron chi connectivity index (χ1n) is 6.81. The quantitative estimate of drug-likeness (QED) is 0.856. The second-order valence-electron chi connectivity index (χ2n) is 5.01. The van der Waals surface area contributed by atoms with Crippen molar-refractivity contribution in [2.75, 3.05) is 13.1 Å². The highest BCUT2D eigenvalue weighted by molar-refractivity contribution is 5.94. The number of hydrogen-bond acceptors (Lipinski definition) is 2. The van der Waals surface area contributed by atoms with Gasteiger partial charge in [-0.25, -0.2) is 0 Å². The zero-order chi connectivity index (χ0) is 13.8. The number of aromatic nitrogens is 1. The Morgan fingerprint density at radius 2 is 2.21 bits per heavy atom. The minimum absolute atomic E-state index is 0.179. The summed E-state index contributed by atoms with van der Waals surface area (Å²) in [4.78, 5) is 24.7. The third-order valence-corrected chi connectivity index (χ3v) is 3.57. The summed E-state index contributed by atoms with van der Waals surface area (Å²) in [5, 5.41) is 8.89. The van der Waals surface area contributed by atoms with Gasteiger partial charge >= 0.3 is 5.97 Å². The van der Waals surface area contributed by atoms with Crippen LogP contribution in [-0.2, 0) is 4.79 Å². The fourth-order valence-corrected chi connectivity index (χ4v) is 2.41. The summed E-state index contributed by atoms with van der Waals surface area (Å²) in [5.41, 5.74) is 0.611. The topological polar surface area (TPSA) is 62.5 Å². The van der Waals surface area contributed by atoms with Crippen molar-refractivity contribution in [1.29, 1.82) is 0 Å². The number of hydrogen-bond donors (Lipinski definition) is 1. The Kier molecular flexibility index (Phi) is 4.24. The molecule has 5 heteroatoms. The first kappa shape index (κ1) is 13.6. The van der Waals surface area contributed by atoms with Crippen LogP contribution in [0.15, 0.2) is 18.3 Å². The van der Waals surface area contributed by atoms with Crippen LogP contribution in [0.2, 0.25) is 0 Å². The van der Waals surface area contributed by atoms with Gasteiger partial charge in [0.05, 0.1) is 0 Å². The molecule has 0 aliphatic heterocycles. The third kappa shape index (κ3) is 2.97. The van der Waals surface area contributed by atoms with E-state index in [1.165, 1.54) is 11.3 Å². The largest absolute Gasteiger partial charge is 0.480 e. The molecule has 1 aromatic heterocycles. The van der Waals surface area contributed by atoms with E-state index in [1.807, 2.05) is 23.8 Å². The molecule has 1 aromatic rings. The van der Waals surface area contributed by atoms with Crippen molar-refractivity contribution in [3.05, 3.63) is 24.0 Å². The lowest BCUT2D eigenvalue weighted by atomic mass is 9.93. The zero-order valence-electron chi connectivity index (χ0n) is 11.2. The van der Waals surface area contributed by atoms with Crippen LogP contribution >= 0.6 is 0 Å². The van der Waals surface area contributed by atoms with E-state index >= 15 is 0 Å². The van der Waals surface area contributed by atoms with Gasteiger partial charge in [0, 0.05) is 18.8 Å². The second kappa shape index (κ2) is 5.91. The molecule has 104 valence electrons. The van der Waals surface area contributed by atoms with Crippen LogP contribution in [0.1, 0.15) is 49.1 Å². The van der Waals surface area contributed by atoms with E-state index in [-0.39, 0.29) is 12.5 Å². The van der Waals surface area contributed by atoms with Gasteiger partial charge in [0.25, 0.3) is 5.91 Å². The summed E-state index contributed by atoms with van der Waals surface area (Å²) < 4.78 is 2.00. The Labute approximate surface area is 112 Å². The second-order valence-corrected chi connectivity index (χ2v) is 5.01. The van der Waals surface area contributed by atoms with E-state index in [0.717, 1.165) is 19.3 Å². The molecular formula is C14H20N2O3. The lowest BCUT2D eigenvalue weighted by Crippen LogP contribution is -2.38. The maximum Gasteiger partial charge on any atom is 0.323 e. The van der Waals surface area contributed by atoms with E-state index in [9.17, 15) is 9.59 Å². The molecule has 0 radical (unpaired) electrons. The maximum atomic E-state index is 12.4.